The second kappa shape index (κ2) is 7.88. The lowest BCUT2D eigenvalue weighted by Gasteiger charge is -2.14. The van der Waals surface area contributed by atoms with Gasteiger partial charge in [-0.1, -0.05) is 42.5 Å². The van der Waals surface area contributed by atoms with Gasteiger partial charge in [-0.2, -0.15) is 0 Å². The summed E-state index contributed by atoms with van der Waals surface area (Å²) in [6.07, 6.45) is 3.29. The Morgan fingerprint density at radius 2 is 1.64 bits per heavy atom. The second-order valence-corrected chi connectivity index (χ2v) is 6.51. The Morgan fingerprint density at radius 3 is 2.50 bits per heavy atom. The Labute approximate surface area is 163 Å². The quantitative estimate of drug-likeness (QED) is 0.531. The molecule has 0 bridgehead atoms. The Balaban J connectivity index is 1.57. The standard InChI is InChI=1S/C23H20N4O/c1-16-7-2-3-8-18(16)15-26-19-10-4-5-11-20(19)27-23(28)22-21-17(12-14-25-22)9-6-13-24-21/h2-14,26H,15H2,1H3,(H,27,28). The van der Waals surface area contributed by atoms with Gasteiger partial charge in [0.2, 0.25) is 0 Å². The Morgan fingerprint density at radius 1 is 0.857 bits per heavy atom. The molecular formula is C23H20N4O. The maximum absolute atomic E-state index is 12.9. The largest absolute Gasteiger partial charge is 0.379 e. The number of hydrogen-bond donors (Lipinski definition) is 2. The number of amides is 1. The second-order valence-electron chi connectivity index (χ2n) is 6.51. The highest BCUT2D eigenvalue weighted by molar-refractivity contribution is 6.11. The smallest absolute Gasteiger partial charge is 0.276 e. The molecule has 0 atom stereocenters. The van der Waals surface area contributed by atoms with Crippen molar-refractivity contribution >= 4 is 28.2 Å². The molecule has 0 aliphatic carbocycles. The van der Waals surface area contributed by atoms with Gasteiger partial charge in [0.1, 0.15) is 5.52 Å². The van der Waals surface area contributed by atoms with Crippen LogP contribution in [0, 0.1) is 6.92 Å². The SMILES string of the molecule is Cc1ccccc1CNc1ccccc1NC(=O)c1nccc2cccnc12. The number of benzene rings is 2. The van der Waals surface area contributed by atoms with Gasteiger partial charge in [-0.3, -0.25) is 9.78 Å². The van der Waals surface area contributed by atoms with E-state index in [1.807, 2.05) is 54.6 Å². The van der Waals surface area contributed by atoms with Gasteiger partial charge in [-0.25, -0.2) is 4.98 Å². The summed E-state index contributed by atoms with van der Waals surface area (Å²) in [6, 6.07) is 21.5. The fourth-order valence-corrected chi connectivity index (χ4v) is 3.10. The average molecular weight is 368 g/mol. The number of carbonyl (C=O) groups excluding carboxylic acids is 1. The molecule has 2 aromatic carbocycles. The van der Waals surface area contributed by atoms with Crippen LogP contribution in [0.25, 0.3) is 10.9 Å². The molecule has 1 amide bonds. The van der Waals surface area contributed by atoms with E-state index in [0.29, 0.717) is 23.4 Å². The minimum absolute atomic E-state index is 0.283. The predicted molar refractivity (Wildman–Crippen MR) is 112 cm³/mol. The third-order valence-electron chi connectivity index (χ3n) is 4.64. The van der Waals surface area contributed by atoms with E-state index < -0.39 is 0 Å². The molecule has 0 fully saturated rings. The highest BCUT2D eigenvalue weighted by Gasteiger charge is 2.14. The molecule has 2 aromatic heterocycles. The summed E-state index contributed by atoms with van der Waals surface area (Å²) in [5, 5.41) is 7.26. The molecule has 0 radical (unpaired) electrons. The lowest BCUT2D eigenvalue weighted by molar-refractivity contribution is 0.102. The zero-order chi connectivity index (χ0) is 19.3. The molecule has 0 unspecified atom stereocenters. The minimum Gasteiger partial charge on any atom is -0.379 e. The molecule has 5 heteroatoms. The highest BCUT2D eigenvalue weighted by Crippen LogP contribution is 2.24. The monoisotopic (exact) mass is 368 g/mol. The van der Waals surface area contributed by atoms with E-state index in [0.717, 1.165) is 11.1 Å². The molecule has 4 aromatic rings. The molecule has 0 aliphatic heterocycles. The van der Waals surface area contributed by atoms with Crippen molar-refractivity contribution in [1.82, 2.24) is 9.97 Å². The molecule has 5 nitrogen and oxygen atoms in total. The summed E-state index contributed by atoms with van der Waals surface area (Å²) in [5.74, 6) is -0.283. The minimum atomic E-state index is -0.283. The number of nitrogens with one attached hydrogen (secondary N) is 2. The van der Waals surface area contributed by atoms with Crippen molar-refractivity contribution in [1.29, 1.82) is 0 Å². The zero-order valence-corrected chi connectivity index (χ0v) is 15.5. The molecule has 4 rings (SSSR count). The van der Waals surface area contributed by atoms with Crippen molar-refractivity contribution in [3.8, 4) is 0 Å². The summed E-state index contributed by atoms with van der Waals surface area (Å²) in [4.78, 5) is 21.4. The van der Waals surface area contributed by atoms with Gasteiger partial charge in [0.25, 0.3) is 5.91 Å². The van der Waals surface area contributed by atoms with Gasteiger partial charge in [0.15, 0.2) is 5.69 Å². The third kappa shape index (κ3) is 3.69. The number of carbonyl (C=O) groups is 1. The van der Waals surface area contributed by atoms with Crippen LogP contribution in [0.4, 0.5) is 11.4 Å². The van der Waals surface area contributed by atoms with E-state index in [9.17, 15) is 4.79 Å². The van der Waals surface area contributed by atoms with Crippen LogP contribution >= 0.6 is 0 Å². The number of rotatable bonds is 5. The summed E-state index contributed by atoms with van der Waals surface area (Å²) >= 11 is 0. The van der Waals surface area contributed by atoms with Gasteiger partial charge in [0.05, 0.1) is 11.4 Å². The van der Waals surface area contributed by atoms with Crippen molar-refractivity contribution in [2.75, 3.05) is 10.6 Å². The first-order valence-electron chi connectivity index (χ1n) is 9.11. The van der Waals surface area contributed by atoms with Crippen LogP contribution in [0.2, 0.25) is 0 Å². The Hall–Kier alpha value is -3.73. The fraction of sp³-hybridized carbons (Fsp3) is 0.0870. The normalized spacial score (nSPS) is 10.6. The molecule has 2 N–H and O–H groups in total. The van der Waals surface area contributed by atoms with Gasteiger partial charge in [0, 0.05) is 24.3 Å². The van der Waals surface area contributed by atoms with Crippen LogP contribution in [0.3, 0.4) is 0 Å². The summed E-state index contributed by atoms with van der Waals surface area (Å²) < 4.78 is 0. The summed E-state index contributed by atoms with van der Waals surface area (Å²) in [5.41, 5.74) is 4.90. The number of hydrogen-bond acceptors (Lipinski definition) is 4. The lowest BCUT2D eigenvalue weighted by atomic mass is 10.1. The number of anilines is 2. The van der Waals surface area contributed by atoms with Crippen molar-refractivity contribution in [2.24, 2.45) is 0 Å². The van der Waals surface area contributed by atoms with Crippen molar-refractivity contribution in [3.63, 3.8) is 0 Å². The van der Waals surface area contributed by atoms with Crippen molar-refractivity contribution in [2.45, 2.75) is 13.5 Å². The predicted octanol–water partition coefficient (Wildman–Crippen LogP) is 4.80. The first kappa shape index (κ1) is 17.7. The van der Waals surface area contributed by atoms with Crippen molar-refractivity contribution in [3.05, 3.63) is 95.9 Å². The zero-order valence-electron chi connectivity index (χ0n) is 15.5. The number of nitrogens with zero attached hydrogens (tertiary/aromatic N) is 2. The third-order valence-corrected chi connectivity index (χ3v) is 4.64. The van der Waals surface area contributed by atoms with Gasteiger partial charge in [-0.15, -0.1) is 0 Å². The maximum atomic E-state index is 12.9. The molecule has 2 heterocycles. The van der Waals surface area contributed by atoms with Crippen LogP contribution in [-0.2, 0) is 6.54 Å². The van der Waals surface area contributed by atoms with Gasteiger partial charge in [-0.05, 0) is 42.3 Å². The number of pyridine rings is 2. The first-order chi connectivity index (χ1) is 13.7. The maximum Gasteiger partial charge on any atom is 0.276 e. The molecule has 0 aliphatic rings. The first-order valence-corrected chi connectivity index (χ1v) is 9.11. The highest BCUT2D eigenvalue weighted by atomic mass is 16.1. The molecular weight excluding hydrogens is 348 g/mol. The molecule has 0 spiro atoms. The van der Waals surface area contributed by atoms with E-state index in [4.69, 9.17) is 0 Å². The van der Waals surface area contributed by atoms with E-state index in [2.05, 4.69) is 39.7 Å². The number of fused-ring (bicyclic) bond motifs is 1. The molecule has 138 valence electrons. The van der Waals surface area contributed by atoms with Crippen LogP contribution in [0.15, 0.2) is 79.1 Å². The fourth-order valence-electron chi connectivity index (χ4n) is 3.10. The van der Waals surface area contributed by atoms with Crippen LogP contribution in [0.5, 0.6) is 0 Å². The summed E-state index contributed by atoms with van der Waals surface area (Å²) in [6.45, 7) is 2.76. The average Bonchev–Trinajstić information content (AvgIpc) is 2.73. The number of para-hydroxylation sites is 2. The topological polar surface area (TPSA) is 66.9 Å². The van der Waals surface area contributed by atoms with Crippen molar-refractivity contribution < 1.29 is 4.79 Å². The van der Waals surface area contributed by atoms with Crippen LogP contribution in [0.1, 0.15) is 21.6 Å². The Bertz CT molecular complexity index is 1130. The van der Waals surface area contributed by atoms with E-state index >= 15 is 0 Å². The summed E-state index contributed by atoms with van der Waals surface area (Å²) in [7, 11) is 0. The van der Waals surface area contributed by atoms with Gasteiger partial charge >= 0.3 is 0 Å². The van der Waals surface area contributed by atoms with E-state index in [1.54, 1.807) is 12.4 Å². The lowest BCUT2D eigenvalue weighted by Crippen LogP contribution is -2.16. The van der Waals surface area contributed by atoms with E-state index in [1.165, 1.54) is 11.1 Å². The number of aryl methyl sites for hydroxylation is 1. The van der Waals surface area contributed by atoms with E-state index in [-0.39, 0.29) is 5.91 Å². The van der Waals surface area contributed by atoms with Crippen LogP contribution in [-0.4, -0.2) is 15.9 Å². The number of aromatic nitrogens is 2. The molecule has 0 saturated heterocycles. The van der Waals surface area contributed by atoms with Gasteiger partial charge < -0.3 is 10.6 Å². The molecule has 28 heavy (non-hydrogen) atoms. The van der Waals surface area contributed by atoms with Crippen LogP contribution < -0.4 is 10.6 Å². The molecule has 0 saturated carbocycles. The Kier molecular flexibility index (Phi) is 4.97.